The minimum Gasteiger partial charge on any atom is -0.376 e. The van der Waals surface area contributed by atoms with E-state index < -0.39 is 21.4 Å². The van der Waals surface area contributed by atoms with E-state index in [0.717, 1.165) is 23.9 Å². The fourth-order valence-corrected chi connectivity index (χ4v) is 2.87. The van der Waals surface area contributed by atoms with Crippen molar-refractivity contribution in [2.45, 2.75) is 15.3 Å². The number of carbonyl (C=O) groups excluding carboxylic acids is 1. The normalized spacial score (nSPS) is 12.2. The monoisotopic (exact) mass is 366 g/mol. The molecular formula is C12H9F3N2O4S2. The van der Waals surface area contributed by atoms with Crippen LogP contribution < -0.4 is 4.18 Å². The molecule has 0 bridgehead atoms. The molecule has 23 heavy (non-hydrogen) atoms. The van der Waals surface area contributed by atoms with Gasteiger partial charge in [0.1, 0.15) is 11.4 Å². The van der Waals surface area contributed by atoms with Crippen LogP contribution in [0, 0.1) is 0 Å². The van der Waals surface area contributed by atoms with Gasteiger partial charge in [-0.1, -0.05) is 11.8 Å². The Hall–Kier alpha value is -2.01. The average Bonchev–Trinajstić information content (AvgIpc) is 2.79. The quantitative estimate of drug-likeness (QED) is 0.460. The SMILES string of the molecule is Cn1ncc(Sc2ccc(OS(=O)(=O)C(F)(F)F)cc2)c1C=O. The molecule has 1 heterocycles. The molecule has 1 aromatic heterocycles. The van der Waals surface area contributed by atoms with Gasteiger partial charge >= 0.3 is 15.6 Å². The Balaban J connectivity index is 2.16. The Morgan fingerprint density at radius 3 is 2.39 bits per heavy atom. The maximum Gasteiger partial charge on any atom is 0.534 e. The lowest BCUT2D eigenvalue weighted by Gasteiger charge is -2.09. The number of aromatic nitrogens is 2. The fourth-order valence-electron chi connectivity index (χ4n) is 1.50. The first-order valence-corrected chi connectivity index (χ1v) is 8.12. The molecule has 0 fully saturated rings. The number of aldehydes is 1. The van der Waals surface area contributed by atoms with Gasteiger partial charge in [0.25, 0.3) is 0 Å². The van der Waals surface area contributed by atoms with Gasteiger partial charge in [-0.05, 0) is 24.3 Å². The molecule has 0 aliphatic heterocycles. The summed E-state index contributed by atoms with van der Waals surface area (Å²) in [7, 11) is -4.11. The Kier molecular flexibility index (Phi) is 4.71. The molecule has 0 saturated carbocycles. The first-order chi connectivity index (χ1) is 10.6. The lowest BCUT2D eigenvalue weighted by atomic mass is 10.3. The lowest BCUT2D eigenvalue weighted by Crippen LogP contribution is -2.27. The van der Waals surface area contributed by atoms with Crippen molar-refractivity contribution in [3.63, 3.8) is 0 Å². The molecule has 0 atom stereocenters. The highest BCUT2D eigenvalue weighted by molar-refractivity contribution is 7.99. The second-order valence-corrected chi connectivity index (χ2v) is 6.85. The van der Waals surface area contributed by atoms with E-state index in [9.17, 15) is 26.4 Å². The van der Waals surface area contributed by atoms with E-state index in [0.29, 0.717) is 21.8 Å². The van der Waals surface area contributed by atoms with Crippen LogP contribution in [0.2, 0.25) is 0 Å². The molecular weight excluding hydrogens is 357 g/mol. The van der Waals surface area contributed by atoms with Crippen molar-refractivity contribution in [1.29, 1.82) is 0 Å². The summed E-state index contributed by atoms with van der Waals surface area (Å²) in [6.07, 6.45) is 2.09. The molecule has 0 aliphatic carbocycles. The van der Waals surface area contributed by atoms with Crippen molar-refractivity contribution in [1.82, 2.24) is 9.78 Å². The summed E-state index contributed by atoms with van der Waals surface area (Å²) >= 11 is 1.15. The number of rotatable bonds is 5. The van der Waals surface area contributed by atoms with Crippen molar-refractivity contribution in [3.8, 4) is 5.75 Å². The van der Waals surface area contributed by atoms with Gasteiger partial charge in [-0.15, -0.1) is 0 Å². The fraction of sp³-hybridized carbons (Fsp3) is 0.167. The zero-order chi connectivity index (χ0) is 17.3. The molecule has 1 aromatic carbocycles. The summed E-state index contributed by atoms with van der Waals surface area (Å²) in [4.78, 5) is 12.1. The summed E-state index contributed by atoms with van der Waals surface area (Å²) in [5, 5.41) is 3.91. The third kappa shape index (κ3) is 3.85. The van der Waals surface area contributed by atoms with Crippen LogP contribution in [0.3, 0.4) is 0 Å². The molecule has 0 N–H and O–H groups in total. The van der Waals surface area contributed by atoms with Gasteiger partial charge in [0.15, 0.2) is 6.29 Å². The molecule has 124 valence electrons. The molecule has 0 radical (unpaired) electrons. The first-order valence-electron chi connectivity index (χ1n) is 5.90. The Bertz CT molecular complexity index is 814. The number of alkyl halides is 3. The van der Waals surface area contributed by atoms with E-state index in [2.05, 4.69) is 9.28 Å². The van der Waals surface area contributed by atoms with Gasteiger partial charge in [-0.3, -0.25) is 9.48 Å². The molecule has 0 amide bonds. The second-order valence-electron chi connectivity index (χ2n) is 4.19. The number of halogens is 3. The van der Waals surface area contributed by atoms with E-state index in [4.69, 9.17) is 0 Å². The first kappa shape index (κ1) is 17.3. The maximum absolute atomic E-state index is 12.2. The van der Waals surface area contributed by atoms with Crippen molar-refractivity contribution >= 4 is 28.2 Å². The van der Waals surface area contributed by atoms with Crippen LogP contribution >= 0.6 is 11.8 Å². The third-order valence-electron chi connectivity index (χ3n) is 2.60. The van der Waals surface area contributed by atoms with Crippen molar-refractivity contribution in [3.05, 3.63) is 36.2 Å². The van der Waals surface area contributed by atoms with Crippen LogP contribution in [-0.2, 0) is 17.2 Å². The molecule has 6 nitrogen and oxygen atoms in total. The average molecular weight is 366 g/mol. The van der Waals surface area contributed by atoms with Gasteiger partial charge in [0.05, 0.1) is 11.1 Å². The number of aryl methyl sites for hydroxylation is 1. The second kappa shape index (κ2) is 6.24. The number of hydrogen-bond donors (Lipinski definition) is 0. The van der Waals surface area contributed by atoms with Crippen molar-refractivity contribution < 1.29 is 30.6 Å². The smallest absolute Gasteiger partial charge is 0.376 e. The number of carbonyl (C=O) groups is 1. The van der Waals surface area contributed by atoms with E-state index in [1.54, 1.807) is 7.05 Å². The van der Waals surface area contributed by atoms with Crippen molar-refractivity contribution in [2.75, 3.05) is 0 Å². The van der Waals surface area contributed by atoms with Gasteiger partial charge in [0.2, 0.25) is 0 Å². The van der Waals surface area contributed by atoms with Crippen LogP contribution in [0.1, 0.15) is 10.5 Å². The van der Waals surface area contributed by atoms with Crippen LogP contribution in [0.25, 0.3) is 0 Å². The molecule has 0 aliphatic rings. The van der Waals surface area contributed by atoms with Gasteiger partial charge in [-0.25, -0.2) is 0 Å². The van der Waals surface area contributed by atoms with E-state index in [1.165, 1.54) is 23.0 Å². The zero-order valence-corrected chi connectivity index (χ0v) is 13.1. The van der Waals surface area contributed by atoms with E-state index >= 15 is 0 Å². The van der Waals surface area contributed by atoms with E-state index in [1.807, 2.05) is 0 Å². The zero-order valence-electron chi connectivity index (χ0n) is 11.4. The van der Waals surface area contributed by atoms with Crippen LogP contribution in [-0.4, -0.2) is 30.0 Å². The largest absolute Gasteiger partial charge is 0.534 e. The van der Waals surface area contributed by atoms with Gasteiger partial charge in [-0.2, -0.15) is 26.7 Å². The topological polar surface area (TPSA) is 78.3 Å². The summed E-state index contributed by atoms with van der Waals surface area (Å²) in [5.74, 6) is -0.464. The minimum absolute atomic E-state index is 0.343. The van der Waals surface area contributed by atoms with Crippen LogP contribution in [0.5, 0.6) is 5.75 Å². The minimum atomic E-state index is -5.70. The van der Waals surface area contributed by atoms with Gasteiger partial charge in [0, 0.05) is 11.9 Å². The molecule has 0 unspecified atom stereocenters. The summed E-state index contributed by atoms with van der Waals surface area (Å²) in [6, 6.07) is 4.91. The lowest BCUT2D eigenvalue weighted by molar-refractivity contribution is -0.0500. The number of nitrogens with zero attached hydrogens (tertiary/aromatic N) is 2. The summed E-state index contributed by atoms with van der Waals surface area (Å²) in [6.45, 7) is 0. The maximum atomic E-state index is 12.2. The highest BCUT2D eigenvalue weighted by atomic mass is 32.2. The third-order valence-corrected chi connectivity index (χ3v) is 4.62. The standard InChI is InChI=1S/C12H9F3N2O4S2/c1-17-10(7-18)11(6-16-17)22-9-4-2-8(3-5-9)21-23(19,20)12(13,14)15/h2-7H,1H3. The Labute approximate surface area is 133 Å². The highest BCUT2D eigenvalue weighted by Crippen LogP contribution is 2.32. The predicted octanol–water partition coefficient (Wildman–Crippen LogP) is 2.61. The summed E-state index contributed by atoms with van der Waals surface area (Å²) in [5.41, 5.74) is -5.15. The predicted molar refractivity (Wildman–Crippen MR) is 74.8 cm³/mol. The van der Waals surface area contributed by atoms with Gasteiger partial charge < -0.3 is 4.18 Å². The van der Waals surface area contributed by atoms with Crippen molar-refractivity contribution in [2.24, 2.45) is 7.05 Å². The Morgan fingerprint density at radius 1 is 1.26 bits per heavy atom. The Morgan fingerprint density at radius 2 is 1.87 bits per heavy atom. The molecule has 2 aromatic rings. The molecule has 0 spiro atoms. The highest BCUT2D eigenvalue weighted by Gasteiger charge is 2.48. The summed E-state index contributed by atoms with van der Waals surface area (Å²) < 4.78 is 63.8. The van der Waals surface area contributed by atoms with Crippen LogP contribution in [0.15, 0.2) is 40.3 Å². The molecule has 2 rings (SSSR count). The molecule has 11 heteroatoms. The number of hydrogen-bond acceptors (Lipinski definition) is 6. The van der Waals surface area contributed by atoms with Crippen LogP contribution in [0.4, 0.5) is 13.2 Å². The molecule has 0 saturated heterocycles. The number of benzene rings is 1. The van der Waals surface area contributed by atoms with E-state index in [-0.39, 0.29) is 0 Å².